The molecule has 1 rings (SSSR count). The van der Waals surface area contributed by atoms with Crippen molar-refractivity contribution in [1.29, 1.82) is 0 Å². The summed E-state index contributed by atoms with van der Waals surface area (Å²) < 4.78 is 9.83. The predicted octanol–water partition coefficient (Wildman–Crippen LogP) is 1.85. The van der Waals surface area contributed by atoms with Gasteiger partial charge in [-0.1, -0.05) is 6.92 Å². The highest BCUT2D eigenvalue weighted by Gasteiger charge is 2.50. The number of hydrogen-bond acceptors (Lipinski definition) is 4. The van der Waals surface area contributed by atoms with Crippen LogP contribution >= 0.6 is 0 Å². The van der Waals surface area contributed by atoms with E-state index in [1.807, 2.05) is 6.92 Å². The molecule has 5 heteroatoms. The lowest BCUT2D eigenvalue weighted by molar-refractivity contribution is -0.144. The topological polar surface area (TPSA) is 64.6 Å². The van der Waals surface area contributed by atoms with E-state index >= 15 is 0 Å². The molecule has 0 spiro atoms. The summed E-state index contributed by atoms with van der Waals surface area (Å²) in [5, 5.41) is 2.59. The molecule has 17 heavy (non-hydrogen) atoms. The van der Waals surface area contributed by atoms with Gasteiger partial charge in [-0.2, -0.15) is 0 Å². The molecule has 1 unspecified atom stereocenters. The van der Waals surface area contributed by atoms with Gasteiger partial charge in [0.15, 0.2) is 0 Å². The van der Waals surface area contributed by atoms with Crippen LogP contribution in [0.4, 0.5) is 4.79 Å². The minimum atomic E-state index is -0.623. The van der Waals surface area contributed by atoms with Gasteiger partial charge >= 0.3 is 12.1 Å². The highest BCUT2D eigenvalue weighted by atomic mass is 16.6. The molecule has 0 aromatic rings. The van der Waals surface area contributed by atoms with E-state index < -0.39 is 23.7 Å². The van der Waals surface area contributed by atoms with Crippen LogP contribution in [0.3, 0.4) is 0 Å². The number of carbonyl (C=O) groups is 2. The molecule has 1 saturated carbocycles. The van der Waals surface area contributed by atoms with Crippen molar-refractivity contribution in [1.82, 2.24) is 5.32 Å². The number of nitrogens with one attached hydrogen (secondary N) is 1. The minimum Gasteiger partial charge on any atom is -0.467 e. The average molecular weight is 243 g/mol. The summed E-state index contributed by atoms with van der Waals surface area (Å²) in [5.74, 6) is -0.421. The van der Waals surface area contributed by atoms with Crippen molar-refractivity contribution >= 4 is 12.1 Å². The smallest absolute Gasteiger partial charge is 0.408 e. The molecule has 1 atom stereocenters. The van der Waals surface area contributed by atoms with Crippen molar-refractivity contribution in [3.63, 3.8) is 0 Å². The van der Waals surface area contributed by atoms with Gasteiger partial charge in [0.25, 0.3) is 0 Å². The first-order chi connectivity index (χ1) is 7.68. The molecule has 1 amide bonds. The first-order valence-electron chi connectivity index (χ1n) is 5.75. The third-order valence-electron chi connectivity index (χ3n) is 2.83. The van der Waals surface area contributed by atoms with Crippen LogP contribution in [0.2, 0.25) is 0 Å². The second-order valence-electron chi connectivity index (χ2n) is 5.76. The van der Waals surface area contributed by atoms with Gasteiger partial charge in [-0.3, -0.25) is 0 Å². The Morgan fingerprint density at radius 2 is 1.82 bits per heavy atom. The van der Waals surface area contributed by atoms with E-state index in [2.05, 4.69) is 5.32 Å². The van der Waals surface area contributed by atoms with Crippen molar-refractivity contribution in [3.8, 4) is 0 Å². The Bertz CT molecular complexity index is 315. The largest absolute Gasteiger partial charge is 0.467 e. The third-order valence-corrected chi connectivity index (χ3v) is 2.83. The van der Waals surface area contributed by atoms with Crippen molar-refractivity contribution in [2.24, 2.45) is 5.41 Å². The van der Waals surface area contributed by atoms with Crippen LogP contribution in [0.15, 0.2) is 0 Å². The summed E-state index contributed by atoms with van der Waals surface area (Å²) >= 11 is 0. The summed E-state index contributed by atoms with van der Waals surface area (Å²) in [6, 6.07) is -0.623. The molecular weight excluding hydrogens is 222 g/mol. The first kappa shape index (κ1) is 13.8. The molecule has 1 fully saturated rings. The summed E-state index contributed by atoms with van der Waals surface area (Å²) in [7, 11) is 1.32. The normalized spacial score (nSPS) is 19.1. The maximum absolute atomic E-state index is 11.6. The number of ether oxygens (including phenoxy) is 2. The third kappa shape index (κ3) is 3.91. The number of esters is 1. The van der Waals surface area contributed by atoms with Crippen LogP contribution in [0, 0.1) is 5.41 Å². The molecule has 5 nitrogen and oxygen atoms in total. The molecule has 98 valence electrons. The summed E-state index contributed by atoms with van der Waals surface area (Å²) in [6.45, 7) is 7.28. The standard InChI is InChI=1S/C12H21NO4/c1-11(2,3)17-10(15)13-8(9(14)16-5)12(4)6-7-12/h8H,6-7H2,1-5H3,(H,13,15). The number of alkyl carbamates (subject to hydrolysis) is 1. The molecule has 0 heterocycles. The fourth-order valence-electron chi connectivity index (χ4n) is 1.55. The van der Waals surface area contributed by atoms with Gasteiger partial charge in [-0.25, -0.2) is 9.59 Å². The van der Waals surface area contributed by atoms with Gasteiger partial charge in [-0.15, -0.1) is 0 Å². The first-order valence-corrected chi connectivity index (χ1v) is 5.75. The van der Waals surface area contributed by atoms with Crippen LogP contribution in [-0.2, 0) is 14.3 Å². The SMILES string of the molecule is COC(=O)C(NC(=O)OC(C)(C)C)C1(C)CC1. The van der Waals surface area contributed by atoms with E-state index in [9.17, 15) is 9.59 Å². The summed E-state index contributed by atoms with van der Waals surface area (Å²) in [5.41, 5.74) is -0.765. The Labute approximate surface area is 102 Å². The Morgan fingerprint density at radius 1 is 1.29 bits per heavy atom. The highest BCUT2D eigenvalue weighted by molar-refractivity contribution is 5.82. The molecule has 1 N–H and O–H groups in total. The number of hydrogen-bond donors (Lipinski definition) is 1. The molecule has 0 aromatic carbocycles. The fourth-order valence-corrected chi connectivity index (χ4v) is 1.55. The second kappa shape index (κ2) is 4.55. The lowest BCUT2D eigenvalue weighted by Crippen LogP contribution is -2.48. The Morgan fingerprint density at radius 3 is 2.18 bits per heavy atom. The van der Waals surface area contributed by atoms with Crippen LogP contribution in [0.25, 0.3) is 0 Å². The fraction of sp³-hybridized carbons (Fsp3) is 0.833. The molecular formula is C12H21NO4. The van der Waals surface area contributed by atoms with Crippen LogP contribution < -0.4 is 5.32 Å². The van der Waals surface area contributed by atoms with Gasteiger partial charge in [0.1, 0.15) is 11.6 Å². The Balaban J connectivity index is 2.62. The maximum atomic E-state index is 11.6. The molecule has 0 radical (unpaired) electrons. The van der Waals surface area contributed by atoms with Gasteiger partial charge in [-0.05, 0) is 39.0 Å². The lowest BCUT2D eigenvalue weighted by Gasteiger charge is -2.25. The zero-order chi connectivity index (χ0) is 13.3. The minimum absolute atomic E-state index is 0.190. The maximum Gasteiger partial charge on any atom is 0.408 e. The van der Waals surface area contributed by atoms with Crippen molar-refractivity contribution in [2.45, 2.75) is 52.2 Å². The molecule has 0 aromatic heterocycles. The number of amides is 1. The van der Waals surface area contributed by atoms with Gasteiger partial charge in [0, 0.05) is 0 Å². The molecule has 0 saturated heterocycles. The van der Waals surface area contributed by atoms with Crippen LogP contribution in [0.1, 0.15) is 40.5 Å². The second-order valence-corrected chi connectivity index (χ2v) is 5.76. The number of carbonyl (C=O) groups excluding carboxylic acids is 2. The van der Waals surface area contributed by atoms with E-state index in [0.717, 1.165) is 12.8 Å². The van der Waals surface area contributed by atoms with E-state index in [1.165, 1.54) is 7.11 Å². The average Bonchev–Trinajstić information content (AvgIpc) is 2.90. The highest BCUT2D eigenvalue weighted by Crippen LogP contribution is 2.48. The van der Waals surface area contributed by atoms with Crippen molar-refractivity contribution in [3.05, 3.63) is 0 Å². The quantitative estimate of drug-likeness (QED) is 0.768. The Hall–Kier alpha value is -1.26. The van der Waals surface area contributed by atoms with E-state index in [4.69, 9.17) is 9.47 Å². The molecule has 1 aliphatic carbocycles. The van der Waals surface area contributed by atoms with Gasteiger partial charge < -0.3 is 14.8 Å². The van der Waals surface area contributed by atoms with Crippen molar-refractivity contribution < 1.29 is 19.1 Å². The molecule has 1 aliphatic rings. The zero-order valence-electron chi connectivity index (χ0n) is 11.1. The summed E-state index contributed by atoms with van der Waals surface area (Å²) in [4.78, 5) is 23.2. The van der Waals surface area contributed by atoms with Crippen molar-refractivity contribution in [2.75, 3.05) is 7.11 Å². The zero-order valence-corrected chi connectivity index (χ0v) is 11.1. The van der Waals surface area contributed by atoms with E-state index in [-0.39, 0.29) is 5.41 Å². The monoisotopic (exact) mass is 243 g/mol. The van der Waals surface area contributed by atoms with Crippen LogP contribution in [0.5, 0.6) is 0 Å². The Kier molecular flexibility index (Phi) is 3.69. The number of methoxy groups -OCH3 is 1. The molecule has 0 bridgehead atoms. The predicted molar refractivity (Wildman–Crippen MR) is 62.5 cm³/mol. The van der Waals surface area contributed by atoms with E-state index in [1.54, 1.807) is 20.8 Å². The van der Waals surface area contributed by atoms with E-state index in [0.29, 0.717) is 0 Å². The lowest BCUT2D eigenvalue weighted by atomic mass is 9.99. The van der Waals surface area contributed by atoms with Gasteiger partial charge in [0.2, 0.25) is 0 Å². The summed E-state index contributed by atoms with van der Waals surface area (Å²) in [6.07, 6.45) is 1.23. The molecule has 0 aliphatic heterocycles. The van der Waals surface area contributed by atoms with Crippen LogP contribution in [-0.4, -0.2) is 30.8 Å². The number of rotatable bonds is 3. The van der Waals surface area contributed by atoms with Gasteiger partial charge in [0.05, 0.1) is 7.11 Å².